The third-order valence-electron chi connectivity index (χ3n) is 7.21. The number of anilines is 2. The molecule has 4 aromatic rings. The van der Waals surface area contributed by atoms with Gasteiger partial charge in [-0.25, -0.2) is 4.90 Å². The zero-order valence-electron chi connectivity index (χ0n) is 22.1. The molecule has 1 fully saturated rings. The minimum absolute atomic E-state index is 0.246. The summed E-state index contributed by atoms with van der Waals surface area (Å²) in [7, 11) is 3.10. The minimum atomic E-state index is -0.782. The van der Waals surface area contributed by atoms with Crippen LogP contribution in [0.25, 0.3) is 0 Å². The highest BCUT2D eigenvalue weighted by atomic mass is 32.2. The van der Waals surface area contributed by atoms with E-state index in [1.54, 1.807) is 68.8 Å². The molecule has 1 saturated heterocycles. The Morgan fingerprint density at radius 2 is 1.59 bits per heavy atom. The molecule has 1 aromatic heterocycles. The number of benzene rings is 3. The number of thiazole rings is 1. The molecule has 0 bridgehead atoms. The molecule has 3 atom stereocenters. The maximum atomic E-state index is 14.0. The molecule has 0 saturated carbocycles. The van der Waals surface area contributed by atoms with Crippen molar-refractivity contribution in [3.05, 3.63) is 99.0 Å². The van der Waals surface area contributed by atoms with Crippen LogP contribution in [0.5, 0.6) is 11.5 Å². The van der Waals surface area contributed by atoms with Crippen LogP contribution >= 0.6 is 23.1 Å². The molecule has 11 heteroatoms. The van der Waals surface area contributed by atoms with Gasteiger partial charge < -0.3 is 14.8 Å². The van der Waals surface area contributed by atoms with Crippen LogP contribution in [0, 0.1) is 5.92 Å². The number of para-hydroxylation sites is 2. The molecule has 0 spiro atoms. The van der Waals surface area contributed by atoms with Crippen LogP contribution < -0.4 is 24.6 Å². The van der Waals surface area contributed by atoms with Crippen molar-refractivity contribution < 1.29 is 23.9 Å². The smallest absolute Gasteiger partial charge is 0.308 e. The number of methoxy groups -OCH3 is 2. The van der Waals surface area contributed by atoms with E-state index in [9.17, 15) is 19.2 Å². The average molecular weight is 588 g/mol. The zero-order chi connectivity index (χ0) is 28.7. The lowest BCUT2D eigenvalue weighted by molar-refractivity contribution is -0.122. The molecular weight excluding hydrogens is 562 g/mol. The van der Waals surface area contributed by atoms with Gasteiger partial charge >= 0.3 is 4.87 Å². The van der Waals surface area contributed by atoms with Gasteiger partial charge in [0.15, 0.2) is 0 Å². The first-order valence-corrected chi connectivity index (χ1v) is 14.5. The van der Waals surface area contributed by atoms with Crippen LogP contribution in [0.3, 0.4) is 0 Å². The molecule has 3 unspecified atom stereocenters. The highest BCUT2D eigenvalue weighted by molar-refractivity contribution is 8.00. The first-order chi connectivity index (χ1) is 19.9. The molecule has 2 aliphatic rings. The lowest BCUT2D eigenvalue weighted by Gasteiger charge is -2.31. The number of rotatable bonds is 7. The highest BCUT2D eigenvalue weighted by Crippen LogP contribution is 2.55. The van der Waals surface area contributed by atoms with E-state index >= 15 is 0 Å². The Kier molecular flexibility index (Phi) is 7.14. The summed E-state index contributed by atoms with van der Waals surface area (Å²) in [6.45, 7) is -0.246. The third-order valence-corrected chi connectivity index (χ3v) is 9.82. The van der Waals surface area contributed by atoms with Gasteiger partial charge in [0, 0.05) is 22.0 Å². The monoisotopic (exact) mass is 587 g/mol. The van der Waals surface area contributed by atoms with E-state index in [-0.39, 0.29) is 23.2 Å². The summed E-state index contributed by atoms with van der Waals surface area (Å²) in [6.07, 6.45) is 0. The minimum Gasteiger partial charge on any atom is -0.497 e. The van der Waals surface area contributed by atoms with Crippen LogP contribution in [-0.2, 0) is 20.9 Å². The Balaban J connectivity index is 1.41. The second-order valence-corrected chi connectivity index (χ2v) is 11.7. The molecule has 6 rings (SSSR count). The van der Waals surface area contributed by atoms with Gasteiger partial charge in [-0.05, 0) is 42.5 Å². The number of hydrogen-bond donors (Lipinski definition) is 1. The van der Waals surface area contributed by atoms with Crippen molar-refractivity contribution >= 4 is 52.2 Å². The standard InChI is InChI=1S/C30H25N3O6S2/c1-38-19-14-12-17(13-15-19)31-22(34)16-32-29-26(41-30(32)37)23(20-10-6-7-11-21(20)39-2)24-25(40-29)28(36)33(27(24)35)18-8-4-3-5-9-18/h3-15,23-25H,16H2,1-2H3,(H,31,34). The fraction of sp³-hybridized carbons (Fsp3) is 0.200. The van der Waals surface area contributed by atoms with E-state index in [1.807, 2.05) is 24.3 Å². The number of imide groups is 1. The number of hydrogen-bond acceptors (Lipinski definition) is 8. The Hall–Kier alpha value is -4.35. The quantitative estimate of drug-likeness (QED) is 0.320. The topological polar surface area (TPSA) is 107 Å². The molecule has 9 nitrogen and oxygen atoms in total. The maximum Gasteiger partial charge on any atom is 0.308 e. The number of carbonyl (C=O) groups is 3. The second kappa shape index (κ2) is 10.9. The van der Waals surface area contributed by atoms with Gasteiger partial charge in [-0.1, -0.05) is 59.5 Å². The van der Waals surface area contributed by atoms with Gasteiger partial charge in [0.25, 0.3) is 0 Å². The van der Waals surface area contributed by atoms with E-state index in [0.29, 0.717) is 38.3 Å². The van der Waals surface area contributed by atoms with Crippen LogP contribution in [0.2, 0.25) is 0 Å². The summed E-state index contributed by atoms with van der Waals surface area (Å²) >= 11 is 2.17. The molecule has 1 N–H and O–H groups in total. The number of thioether (sulfide) groups is 1. The second-order valence-electron chi connectivity index (χ2n) is 9.53. The lowest BCUT2D eigenvalue weighted by atomic mass is 9.82. The Morgan fingerprint density at radius 1 is 0.878 bits per heavy atom. The molecule has 3 heterocycles. The Bertz CT molecular complexity index is 1700. The molecule has 0 radical (unpaired) electrons. The van der Waals surface area contributed by atoms with Crippen molar-refractivity contribution in [1.82, 2.24) is 4.57 Å². The summed E-state index contributed by atoms with van der Waals surface area (Å²) < 4.78 is 12.2. The SMILES string of the molecule is COc1ccc(NC(=O)Cn2c3c(sc2=O)C(c2ccccc2OC)C2C(=O)N(c4ccccc4)C(=O)C2S3)cc1. The Morgan fingerprint density at radius 3 is 2.29 bits per heavy atom. The first-order valence-electron chi connectivity index (χ1n) is 12.8. The predicted octanol–water partition coefficient (Wildman–Crippen LogP) is 4.36. The third kappa shape index (κ3) is 4.70. The van der Waals surface area contributed by atoms with Crippen molar-refractivity contribution in [2.75, 3.05) is 24.4 Å². The number of carbonyl (C=O) groups excluding carboxylic acids is 3. The zero-order valence-corrected chi connectivity index (χ0v) is 23.7. The molecule has 208 valence electrons. The molecule has 2 aliphatic heterocycles. The van der Waals surface area contributed by atoms with E-state index in [1.165, 1.54) is 21.2 Å². The van der Waals surface area contributed by atoms with E-state index < -0.39 is 23.0 Å². The average Bonchev–Trinajstić information content (AvgIpc) is 3.44. The van der Waals surface area contributed by atoms with Crippen molar-refractivity contribution in [3.8, 4) is 11.5 Å². The summed E-state index contributed by atoms with van der Waals surface area (Å²) in [4.78, 5) is 55.7. The van der Waals surface area contributed by atoms with Crippen LogP contribution in [0.1, 0.15) is 16.4 Å². The number of nitrogens with one attached hydrogen (secondary N) is 1. The lowest BCUT2D eigenvalue weighted by Crippen LogP contribution is -2.33. The summed E-state index contributed by atoms with van der Waals surface area (Å²) in [5.41, 5.74) is 1.76. The summed E-state index contributed by atoms with van der Waals surface area (Å²) in [6, 6.07) is 23.0. The highest BCUT2D eigenvalue weighted by Gasteiger charge is 2.57. The summed E-state index contributed by atoms with van der Waals surface area (Å²) in [5.74, 6) is -1.23. The molecule has 41 heavy (non-hydrogen) atoms. The number of fused-ring (bicyclic) bond motifs is 2. The van der Waals surface area contributed by atoms with E-state index in [4.69, 9.17) is 9.47 Å². The fourth-order valence-corrected chi connectivity index (χ4v) is 8.13. The van der Waals surface area contributed by atoms with Crippen molar-refractivity contribution in [2.45, 2.75) is 22.7 Å². The van der Waals surface area contributed by atoms with E-state index in [2.05, 4.69) is 5.32 Å². The number of aromatic nitrogens is 1. The fourth-order valence-electron chi connectivity index (χ4n) is 5.36. The number of amides is 3. The predicted molar refractivity (Wildman–Crippen MR) is 157 cm³/mol. The van der Waals surface area contributed by atoms with Gasteiger partial charge in [0.05, 0.1) is 30.9 Å². The van der Waals surface area contributed by atoms with Gasteiger partial charge in [0.1, 0.15) is 23.3 Å². The first kappa shape index (κ1) is 26.9. The largest absolute Gasteiger partial charge is 0.497 e. The summed E-state index contributed by atoms with van der Waals surface area (Å²) in [5, 5.41) is 2.54. The van der Waals surface area contributed by atoms with Crippen molar-refractivity contribution in [1.29, 1.82) is 0 Å². The van der Waals surface area contributed by atoms with Crippen LogP contribution in [-0.4, -0.2) is 41.8 Å². The van der Waals surface area contributed by atoms with Crippen LogP contribution in [0.15, 0.2) is 88.7 Å². The van der Waals surface area contributed by atoms with E-state index in [0.717, 1.165) is 11.3 Å². The van der Waals surface area contributed by atoms with Crippen molar-refractivity contribution in [2.24, 2.45) is 5.92 Å². The van der Waals surface area contributed by atoms with Gasteiger partial charge in [-0.15, -0.1) is 0 Å². The number of nitrogens with zero attached hydrogens (tertiary/aromatic N) is 2. The molecule has 0 aliphatic carbocycles. The molecule has 3 amide bonds. The van der Waals surface area contributed by atoms with Gasteiger partial charge in [-0.3, -0.25) is 23.7 Å². The van der Waals surface area contributed by atoms with Crippen LogP contribution in [0.4, 0.5) is 11.4 Å². The Labute approximate surface area is 243 Å². The van der Waals surface area contributed by atoms with Gasteiger partial charge in [0.2, 0.25) is 17.7 Å². The number of ether oxygens (including phenoxy) is 2. The normalized spacial score (nSPS) is 19.5. The molecule has 3 aromatic carbocycles. The van der Waals surface area contributed by atoms with Gasteiger partial charge in [-0.2, -0.15) is 0 Å². The molecular formula is C30H25N3O6S2. The van der Waals surface area contributed by atoms with Crippen molar-refractivity contribution in [3.63, 3.8) is 0 Å². The maximum absolute atomic E-state index is 14.0.